The van der Waals surface area contributed by atoms with E-state index in [-0.39, 0.29) is 0 Å². The summed E-state index contributed by atoms with van der Waals surface area (Å²) in [5.41, 5.74) is 9.56. The molecular formula is C13H20N2O. The lowest BCUT2D eigenvalue weighted by Crippen LogP contribution is -2.17. The number of hydrogen-bond acceptors (Lipinski definition) is 3. The second-order valence-corrected chi connectivity index (χ2v) is 4.48. The molecule has 1 aliphatic rings. The molecule has 0 aromatic heterocycles. The Balaban J connectivity index is 1.84. The molecule has 2 rings (SSSR count). The van der Waals surface area contributed by atoms with Gasteiger partial charge in [-0.3, -0.25) is 4.90 Å². The van der Waals surface area contributed by atoms with E-state index in [2.05, 4.69) is 11.0 Å². The molecule has 0 amide bonds. The number of rotatable bonds is 5. The second-order valence-electron chi connectivity index (χ2n) is 4.48. The Morgan fingerprint density at radius 1 is 1.19 bits per heavy atom. The molecule has 0 unspecified atom stereocenters. The molecule has 88 valence electrons. The van der Waals surface area contributed by atoms with Crippen molar-refractivity contribution in [3.8, 4) is 0 Å². The molecule has 0 atom stereocenters. The SMILES string of the molecule is Nc1cccc2c1CN(CCCCCO)C2. The Hall–Kier alpha value is -1.06. The number of nitrogens with two attached hydrogens (primary N) is 1. The molecule has 1 aliphatic heterocycles. The summed E-state index contributed by atoms with van der Waals surface area (Å²) < 4.78 is 0. The molecule has 1 heterocycles. The van der Waals surface area contributed by atoms with Crippen LogP contribution < -0.4 is 5.73 Å². The van der Waals surface area contributed by atoms with E-state index in [0.717, 1.165) is 44.6 Å². The summed E-state index contributed by atoms with van der Waals surface area (Å²) in [7, 11) is 0. The van der Waals surface area contributed by atoms with Crippen LogP contribution in [0.4, 0.5) is 5.69 Å². The second kappa shape index (κ2) is 5.32. The third kappa shape index (κ3) is 2.54. The number of hydrogen-bond donors (Lipinski definition) is 2. The standard InChI is InChI=1S/C13H20N2O/c14-13-6-4-5-11-9-15(10-12(11)13)7-2-1-3-8-16/h4-6,16H,1-3,7-10,14H2. The molecule has 3 nitrogen and oxygen atoms in total. The lowest BCUT2D eigenvalue weighted by atomic mass is 10.1. The summed E-state index contributed by atoms with van der Waals surface area (Å²) in [6.45, 7) is 3.43. The number of aliphatic hydroxyl groups is 1. The van der Waals surface area contributed by atoms with Crippen molar-refractivity contribution in [3.05, 3.63) is 29.3 Å². The van der Waals surface area contributed by atoms with Crippen LogP contribution in [0.25, 0.3) is 0 Å². The summed E-state index contributed by atoms with van der Waals surface area (Å²) in [6, 6.07) is 6.18. The average molecular weight is 220 g/mol. The summed E-state index contributed by atoms with van der Waals surface area (Å²) in [4.78, 5) is 2.43. The molecular weight excluding hydrogens is 200 g/mol. The third-order valence-electron chi connectivity index (χ3n) is 3.22. The predicted octanol–water partition coefficient (Wildman–Crippen LogP) is 1.75. The average Bonchev–Trinajstić information content (AvgIpc) is 2.69. The zero-order valence-electron chi connectivity index (χ0n) is 9.65. The van der Waals surface area contributed by atoms with E-state index in [1.165, 1.54) is 11.1 Å². The Labute approximate surface area is 96.9 Å². The normalized spacial score (nSPS) is 15.3. The first-order valence-corrected chi connectivity index (χ1v) is 6.00. The van der Waals surface area contributed by atoms with E-state index in [1.54, 1.807) is 0 Å². The molecule has 0 bridgehead atoms. The minimum atomic E-state index is 0.313. The largest absolute Gasteiger partial charge is 0.398 e. The molecule has 3 N–H and O–H groups in total. The lowest BCUT2D eigenvalue weighted by molar-refractivity contribution is 0.257. The number of aliphatic hydroxyl groups excluding tert-OH is 1. The molecule has 0 saturated carbocycles. The summed E-state index contributed by atoms with van der Waals surface area (Å²) in [6.07, 6.45) is 3.19. The van der Waals surface area contributed by atoms with Gasteiger partial charge in [-0.25, -0.2) is 0 Å². The van der Waals surface area contributed by atoms with Gasteiger partial charge in [-0.15, -0.1) is 0 Å². The minimum Gasteiger partial charge on any atom is -0.398 e. The zero-order valence-corrected chi connectivity index (χ0v) is 9.65. The van der Waals surface area contributed by atoms with Gasteiger partial charge < -0.3 is 10.8 Å². The highest BCUT2D eigenvalue weighted by Crippen LogP contribution is 2.27. The summed E-state index contributed by atoms with van der Waals surface area (Å²) in [5, 5.41) is 8.71. The summed E-state index contributed by atoms with van der Waals surface area (Å²) >= 11 is 0. The maximum atomic E-state index is 8.71. The maximum absolute atomic E-state index is 8.71. The first-order valence-electron chi connectivity index (χ1n) is 6.00. The van der Waals surface area contributed by atoms with Crippen LogP contribution in [0.3, 0.4) is 0 Å². The predicted molar refractivity (Wildman–Crippen MR) is 65.9 cm³/mol. The van der Waals surface area contributed by atoms with E-state index in [4.69, 9.17) is 10.8 Å². The van der Waals surface area contributed by atoms with Crippen LogP contribution in [0.1, 0.15) is 30.4 Å². The van der Waals surface area contributed by atoms with Gasteiger partial charge in [0.1, 0.15) is 0 Å². The van der Waals surface area contributed by atoms with Crippen LogP contribution in [-0.4, -0.2) is 23.2 Å². The van der Waals surface area contributed by atoms with Crippen molar-refractivity contribution in [2.45, 2.75) is 32.4 Å². The smallest absolute Gasteiger partial charge is 0.0431 e. The van der Waals surface area contributed by atoms with Crippen LogP contribution in [0.2, 0.25) is 0 Å². The van der Waals surface area contributed by atoms with Gasteiger partial charge in [0.05, 0.1) is 0 Å². The fraction of sp³-hybridized carbons (Fsp3) is 0.538. The highest BCUT2D eigenvalue weighted by molar-refractivity contribution is 5.52. The van der Waals surface area contributed by atoms with E-state index >= 15 is 0 Å². The van der Waals surface area contributed by atoms with Crippen molar-refractivity contribution in [2.75, 3.05) is 18.9 Å². The number of fused-ring (bicyclic) bond motifs is 1. The molecule has 3 heteroatoms. The van der Waals surface area contributed by atoms with Crippen molar-refractivity contribution < 1.29 is 5.11 Å². The van der Waals surface area contributed by atoms with Gasteiger partial charge in [0.2, 0.25) is 0 Å². The molecule has 0 spiro atoms. The van der Waals surface area contributed by atoms with Crippen LogP contribution in [0, 0.1) is 0 Å². The number of nitrogens with zero attached hydrogens (tertiary/aromatic N) is 1. The fourth-order valence-corrected chi connectivity index (χ4v) is 2.30. The minimum absolute atomic E-state index is 0.313. The van der Waals surface area contributed by atoms with Crippen LogP contribution >= 0.6 is 0 Å². The number of anilines is 1. The van der Waals surface area contributed by atoms with Gasteiger partial charge >= 0.3 is 0 Å². The Bertz CT molecular complexity index is 352. The Morgan fingerprint density at radius 2 is 2.06 bits per heavy atom. The lowest BCUT2D eigenvalue weighted by Gasteiger charge is -2.14. The molecule has 0 saturated heterocycles. The number of benzene rings is 1. The van der Waals surface area contributed by atoms with Crippen LogP contribution in [-0.2, 0) is 13.1 Å². The van der Waals surface area contributed by atoms with E-state index in [9.17, 15) is 0 Å². The fourth-order valence-electron chi connectivity index (χ4n) is 2.30. The van der Waals surface area contributed by atoms with Gasteiger partial charge in [0.25, 0.3) is 0 Å². The zero-order chi connectivity index (χ0) is 11.4. The molecule has 1 aromatic rings. The van der Waals surface area contributed by atoms with Crippen molar-refractivity contribution in [3.63, 3.8) is 0 Å². The molecule has 0 fully saturated rings. The first kappa shape index (κ1) is 11.4. The highest BCUT2D eigenvalue weighted by atomic mass is 16.2. The number of nitrogen functional groups attached to an aromatic ring is 1. The maximum Gasteiger partial charge on any atom is 0.0431 e. The van der Waals surface area contributed by atoms with Crippen molar-refractivity contribution in [1.82, 2.24) is 4.90 Å². The quantitative estimate of drug-likeness (QED) is 0.587. The molecule has 1 aromatic carbocycles. The van der Waals surface area contributed by atoms with E-state index in [0.29, 0.717) is 6.61 Å². The van der Waals surface area contributed by atoms with E-state index in [1.807, 2.05) is 12.1 Å². The Morgan fingerprint density at radius 3 is 2.81 bits per heavy atom. The third-order valence-corrected chi connectivity index (χ3v) is 3.22. The monoisotopic (exact) mass is 220 g/mol. The van der Waals surface area contributed by atoms with Crippen molar-refractivity contribution in [2.24, 2.45) is 0 Å². The molecule has 16 heavy (non-hydrogen) atoms. The molecule has 0 radical (unpaired) electrons. The van der Waals surface area contributed by atoms with Gasteiger partial charge in [0.15, 0.2) is 0 Å². The van der Waals surface area contributed by atoms with Crippen molar-refractivity contribution >= 4 is 5.69 Å². The van der Waals surface area contributed by atoms with Crippen LogP contribution in [0.5, 0.6) is 0 Å². The van der Waals surface area contributed by atoms with Crippen LogP contribution in [0.15, 0.2) is 18.2 Å². The first-order chi connectivity index (χ1) is 7.81. The van der Waals surface area contributed by atoms with E-state index < -0.39 is 0 Å². The Kier molecular flexibility index (Phi) is 3.80. The van der Waals surface area contributed by atoms with Gasteiger partial charge in [-0.2, -0.15) is 0 Å². The molecule has 0 aliphatic carbocycles. The highest BCUT2D eigenvalue weighted by Gasteiger charge is 2.19. The van der Waals surface area contributed by atoms with Crippen molar-refractivity contribution in [1.29, 1.82) is 0 Å². The van der Waals surface area contributed by atoms with Gasteiger partial charge in [-0.1, -0.05) is 12.1 Å². The summed E-state index contributed by atoms with van der Waals surface area (Å²) in [5.74, 6) is 0. The van der Waals surface area contributed by atoms with Gasteiger partial charge in [0, 0.05) is 25.4 Å². The van der Waals surface area contributed by atoms with Gasteiger partial charge in [-0.05, 0) is 43.0 Å². The topological polar surface area (TPSA) is 49.5 Å². The number of unbranched alkanes of at least 4 members (excludes halogenated alkanes) is 2.